The Morgan fingerprint density at radius 2 is 1.93 bits per heavy atom. The number of carbonyl (C=O) groups excluding carboxylic acids is 1. The lowest BCUT2D eigenvalue weighted by Gasteiger charge is -2.58. The van der Waals surface area contributed by atoms with Crippen LogP contribution in [0.2, 0.25) is 0 Å². The number of aromatic nitrogens is 2. The van der Waals surface area contributed by atoms with Crippen LogP contribution in [0, 0.1) is 23.6 Å². The maximum atomic E-state index is 14.3. The molecule has 29 heavy (non-hydrogen) atoms. The summed E-state index contributed by atoms with van der Waals surface area (Å²) in [7, 11) is 0. The molecule has 0 saturated heterocycles. The Hall–Kier alpha value is -2.21. The summed E-state index contributed by atoms with van der Waals surface area (Å²) in [4.78, 5) is 13.3. The molecule has 4 aliphatic carbocycles. The lowest BCUT2D eigenvalue weighted by atomic mass is 9.52. The predicted molar refractivity (Wildman–Crippen MR) is 107 cm³/mol. The molecule has 1 heterocycles. The van der Waals surface area contributed by atoms with Gasteiger partial charge in [0.25, 0.3) is 5.91 Å². The van der Waals surface area contributed by atoms with E-state index in [-0.39, 0.29) is 23.7 Å². The monoisotopic (exact) mass is 397 g/mol. The number of para-hydroxylation sites is 1. The third kappa shape index (κ3) is 3.08. The van der Waals surface area contributed by atoms with Crippen LogP contribution in [0.5, 0.6) is 0 Å². The average Bonchev–Trinajstić information content (AvgIpc) is 3.09. The van der Waals surface area contributed by atoms with Crippen LogP contribution in [0.3, 0.4) is 0 Å². The maximum Gasteiger partial charge on any atom is 0.255 e. The van der Waals surface area contributed by atoms with E-state index in [4.69, 9.17) is 0 Å². The van der Waals surface area contributed by atoms with Gasteiger partial charge in [-0.2, -0.15) is 5.10 Å². The van der Waals surface area contributed by atoms with E-state index in [9.17, 15) is 14.3 Å². The van der Waals surface area contributed by atoms with E-state index in [0.717, 1.165) is 37.8 Å². The Morgan fingerprint density at radius 1 is 1.24 bits per heavy atom. The van der Waals surface area contributed by atoms with Gasteiger partial charge in [-0.1, -0.05) is 26.0 Å². The van der Waals surface area contributed by atoms with Crippen molar-refractivity contribution in [3.05, 3.63) is 47.5 Å². The zero-order chi connectivity index (χ0) is 20.3. The minimum Gasteiger partial charge on any atom is -0.390 e. The molecule has 2 atom stereocenters. The van der Waals surface area contributed by atoms with E-state index >= 15 is 0 Å². The van der Waals surface area contributed by atoms with Crippen molar-refractivity contribution >= 4 is 5.91 Å². The molecule has 4 saturated carbocycles. The van der Waals surface area contributed by atoms with Crippen LogP contribution >= 0.6 is 0 Å². The minimum absolute atomic E-state index is 0.0112. The van der Waals surface area contributed by atoms with Crippen molar-refractivity contribution < 1.29 is 14.3 Å². The fourth-order valence-corrected chi connectivity index (χ4v) is 6.35. The number of aliphatic hydroxyl groups is 1. The molecule has 4 fully saturated rings. The van der Waals surface area contributed by atoms with Crippen molar-refractivity contribution in [3.8, 4) is 5.69 Å². The molecule has 154 valence electrons. The van der Waals surface area contributed by atoms with Crippen molar-refractivity contribution in [1.29, 1.82) is 0 Å². The fraction of sp³-hybridized carbons (Fsp3) is 0.565. The molecule has 2 unspecified atom stereocenters. The molecule has 1 aromatic heterocycles. The van der Waals surface area contributed by atoms with Crippen molar-refractivity contribution in [2.45, 2.75) is 63.5 Å². The van der Waals surface area contributed by atoms with E-state index in [1.54, 1.807) is 29.1 Å². The molecule has 0 spiro atoms. The number of nitrogens with zero attached hydrogens (tertiary/aromatic N) is 2. The predicted octanol–water partition coefficient (Wildman–Crippen LogP) is 3.80. The van der Waals surface area contributed by atoms with E-state index in [1.807, 2.05) is 13.8 Å². The zero-order valence-corrected chi connectivity index (χ0v) is 16.9. The van der Waals surface area contributed by atoms with Gasteiger partial charge in [0.15, 0.2) is 0 Å². The van der Waals surface area contributed by atoms with Crippen molar-refractivity contribution in [1.82, 2.24) is 15.1 Å². The first-order valence-electron chi connectivity index (χ1n) is 10.7. The van der Waals surface area contributed by atoms with E-state index < -0.39 is 5.60 Å². The first-order valence-corrected chi connectivity index (χ1v) is 10.7. The summed E-state index contributed by atoms with van der Waals surface area (Å²) in [6.45, 7) is 3.98. The molecule has 1 aromatic carbocycles. The molecule has 4 aliphatic rings. The third-order valence-electron chi connectivity index (χ3n) is 7.22. The van der Waals surface area contributed by atoms with Gasteiger partial charge in [-0.3, -0.25) is 4.79 Å². The number of carbonyl (C=O) groups is 1. The highest BCUT2D eigenvalue weighted by molar-refractivity contribution is 5.95. The number of amides is 1. The number of hydrogen-bond acceptors (Lipinski definition) is 3. The quantitative estimate of drug-likeness (QED) is 0.825. The Labute approximate surface area is 170 Å². The first kappa shape index (κ1) is 18.8. The highest BCUT2D eigenvalue weighted by atomic mass is 19.1. The van der Waals surface area contributed by atoms with Crippen LogP contribution in [-0.2, 0) is 0 Å². The van der Waals surface area contributed by atoms with Crippen LogP contribution in [-0.4, -0.2) is 32.4 Å². The zero-order valence-electron chi connectivity index (χ0n) is 16.9. The smallest absolute Gasteiger partial charge is 0.255 e. The molecule has 2 N–H and O–H groups in total. The Morgan fingerprint density at radius 3 is 2.55 bits per heavy atom. The fourth-order valence-electron chi connectivity index (χ4n) is 6.35. The molecule has 2 aromatic rings. The van der Waals surface area contributed by atoms with Crippen molar-refractivity contribution in [3.63, 3.8) is 0 Å². The van der Waals surface area contributed by atoms with Gasteiger partial charge in [-0.15, -0.1) is 0 Å². The summed E-state index contributed by atoms with van der Waals surface area (Å²) in [5.41, 5.74) is 1.06. The van der Waals surface area contributed by atoms with Crippen LogP contribution in [0.15, 0.2) is 30.5 Å². The number of halogens is 1. The lowest BCUT2D eigenvalue weighted by molar-refractivity contribution is -0.136. The summed E-state index contributed by atoms with van der Waals surface area (Å²) in [6, 6.07) is 6.60. The van der Waals surface area contributed by atoms with Gasteiger partial charge in [0.1, 0.15) is 11.5 Å². The lowest BCUT2D eigenvalue weighted by Crippen LogP contribution is -2.61. The summed E-state index contributed by atoms with van der Waals surface area (Å²) < 4.78 is 15.9. The van der Waals surface area contributed by atoms with Gasteiger partial charge in [0.2, 0.25) is 0 Å². The number of rotatable bonds is 4. The molecule has 1 amide bonds. The van der Waals surface area contributed by atoms with Crippen LogP contribution < -0.4 is 5.32 Å². The van der Waals surface area contributed by atoms with Gasteiger partial charge in [0, 0.05) is 6.04 Å². The van der Waals surface area contributed by atoms with E-state index in [1.165, 1.54) is 6.07 Å². The third-order valence-corrected chi connectivity index (χ3v) is 7.22. The molecule has 6 rings (SSSR count). The summed E-state index contributed by atoms with van der Waals surface area (Å²) in [5, 5.41) is 18.4. The topological polar surface area (TPSA) is 67.2 Å². The SMILES string of the molecule is CC(C)c1c(C(=O)NC2C3CC4CC2CC(O)(C4)C3)cnn1-c1ccccc1F. The second kappa shape index (κ2) is 6.66. The standard InChI is InChI=1S/C23H28FN3O2/c1-13(2)21-17(12-25-27(21)19-6-4-3-5-18(19)24)22(28)26-20-15-7-14-8-16(20)11-23(29,9-14)10-15/h3-6,12-16,20,29H,7-11H2,1-2H3,(H,26,28). The average molecular weight is 397 g/mol. The number of nitrogens with one attached hydrogen (secondary N) is 1. The van der Waals surface area contributed by atoms with Gasteiger partial charge in [-0.05, 0) is 67.9 Å². The van der Waals surface area contributed by atoms with Gasteiger partial charge < -0.3 is 10.4 Å². The van der Waals surface area contributed by atoms with Gasteiger partial charge >= 0.3 is 0 Å². The van der Waals surface area contributed by atoms with E-state index in [2.05, 4.69) is 10.4 Å². The summed E-state index contributed by atoms with van der Waals surface area (Å²) in [5.74, 6) is 0.802. The van der Waals surface area contributed by atoms with Crippen LogP contribution in [0.4, 0.5) is 4.39 Å². The Bertz CT molecular complexity index is 937. The molecular weight excluding hydrogens is 369 g/mol. The Kier molecular flexibility index (Phi) is 4.32. The molecule has 5 nitrogen and oxygen atoms in total. The Balaban J connectivity index is 1.43. The molecular formula is C23H28FN3O2. The van der Waals surface area contributed by atoms with Crippen molar-refractivity contribution in [2.75, 3.05) is 0 Å². The molecule has 0 aliphatic heterocycles. The molecule has 4 bridgehead atoms. The summed E-state index contributed by atoms with van der Waals surface area (Å²) in [6.07, 6.45) is 6.24. The summed E-state index contributed by atoms with van der Waals surface area (Å²) >= 11 is 0. The molecule has 0 radical (unpaired) electrons. The van der Waals surface area contributed by atoms with Crippen molar-refractivity contribution in [2.24, 2.45) is 17.8 Å². The van der Waals surface area contributed by atoms with Crippen LogP contribution in [0.25, 0.3) is 5.69 Å². The van der Waals surface area contributed by atoms with Gasteiger partial charge in [0.05, 0.1) is 23.1 Å². The number of hydrogen-bond donors (Lipinski definition) is 2. The molecule has 6 heteroatoms. The normalized spacial score (nSPS) is 32.7. The van der Waals surface area contributed by atoms with Crippen LogP contribution in [0.1, 0.15) is 67.9 Å². The number of benzene rings is 1. The highest BCUT2D eigenvalue weighted by Crippen LogP contribution is 2.55. The second-order valence-corrected chi connectivity index (χ2v) is 9.65. The first-order chi connectivity index (χ1) is 13.8. The maximum absolute atomic E-state index is 14.3. The minimum atomic E-state index is -0.517. The highest BCUT2D eigenvalue weighted by Gasteiger charge is 2.55. The second-order valence-electron chi connectivity index (χ2n) is 9.65. The largest absolute Gasteiger partial charge is 0.390 e. The van der Waals surface area contributed by atoms with E-state index in [0.29, 0.717) is 29.0 Å². The van der Waals surface area contributed by atoms with Gasteiger partial charge in [-0.25, -0.2) is 9.07 Å².